The van der Waals surface area contributed by atoms with Gasteiger partial charge in [-0.2, -0.15) is 0 Å². The smallest absolute Gasteiger partial charge is 0.262 e. The second-order valence-electron chi connectivity index (χ2n) is 6.45. The van der Waals surface area contributed by atoms with Gasteiger partial charge < -0.3 is 10.1 Å². The molecule has 0 aliphatic heterocycles. The summed E-state index contributed by atoms with van der Waals surface area (Å²) in [7, 11) is 0. The van der Waals surface area contributed by atoms with E-state index >= 15 is 0 Å². The molecule has 0 bridgehead atoms. The summed E-state index contributed by atoms with van der Waals surface area (Å²) < 4.78 is 5.92. The van der Waals surface area contributed by atoms with E-state index in [1.54, 1.807) is 20.0 Å². The highest BCUT2D eigenvalue weighted by Gasteiger charge is 2.24. The van der Waals surface area contributed by atoms with Crippen LogP contribution in [0.1, 0.15) is 38.3 Å². The monoisotopic (exact) mass is 334 g/mol. The van der Waals surface area contributed by atoms with Gasteiger partial charge in [0.05, 0.1) is 11.1 Å². The van der Waals surface area contributed by atoms with Gasteiger partial charge >= 0.3 is 0 Å². The second kappa shape index (κ2) is 7.28. The maximum atomic E-state index is 12.4. The molecule has 0 aliphatic carbocycles. The van der Waals surface area contributed by atoms with E-state index < -0.39 is 11.6 Å². The summed E-state index contributed by atoms with van der Waals surface area (Å²) in [4.78, 5) is 16.8. The Kier molecular flexibility index (Phi) is 5.35. The molecule has 0 saturated heterocycles. The molecule has 4 heteroatoms. The number of terminal acetylenes is 2. The number of aryl methyl sites for hydroxylation is 1. The zero-order valence-electron chi connectivity index (χ0n) is 15.0. The van der Waals surface area contributed by atoms with Crippen LogP contribution in [0, 0.1) is 31.6 Å². The standard InChI is InChI=1S/C21H22N2O2/c1-7-15-11-16-12-17(10-14(4)19(16)22-13-15)25-18(8-2)20(24)23-21(5,6)9-3/h1,3,10-13,18H,8H2,2,4-6H3,(H,23,24). The van der Waals surface area contributed by atoms with Gasteiger partial charge in [-0.25, -0.2) is 0 Å². The van der Waals surface area contributed by atoms with Crippen LogP contribution in [0.4, 0.5) is 0 Å². The molecule has 1 aromatic carbocycles. The van der Waals surface area contributed by atoms with Gasteiger partial charge in [-0.3, -0.25) is 9.78 Å². The van der Waals surface area contributed by atoms with Crippen LogP contribution < -0.4 is 10.1 Å². The van der Waals surface area contributed by atoms with Crippen molar-refractivity contribution >= 4 is 16.8 Å². The van der Waals surface area contributed by atoms with Gasteiger partial charge in [-0.15, -0.1) is 12.8 Å². The number of carbonyl (C=O) groups excluding carboxylic acids is 1. The van der Waals surface area contributed by atoms with Crippen LogP contribution in [0.3, 0.4) is 0 Å². The van der Waals surface area contributed by atoms with E-state index in [-0.39, 0.29) is 5.91 Å². The Morgan fingerprint density at radius 2 is 2.08 bits per heavy atom. The Morgan fingerprint density at radius 1 is 1.36 bits per heavy atom. The minimum Gasteiger partial charge on any atom is -0.481 e. The summed E-state index contributed by atoms with van der Waals surface area (Å²) in [6.45, 7) is 7.37. The highest BCUT2D eigenvalue weighted by Crippen LogP contribution is 2.25. The van der Waals surface area contributed by atoms with Crippen LogP contribution in [0.25, 0.3) is 10.9 Å². The van der Waals surface area contributed by atoms with Crippen molar-refractivity contribution in [1.29, 1.82) is 0 Å². The third kappa shape index (κ3) is 4.31. The maximum absolute atomic E-state index is 12.4. The van der Waals surface area contributed by atoms with Gasteiger partial charge in [0.2, 0.25) is 0 Å². The molecule has 0 fully saturated rings. The fraction of sp³-hybridized carbons (Fsp3) is 0.333. The molecule has 128 valence electrons. The van der Waals surface area contributed by atoms with Gasteiger partial charge in [0.25, 0.3) is 5.91 Å². The first kappa shape index (κ1) is 18.4. The minimum absolute atomic E-state index is 0.237. The van der Waals surface area contributed by atoms with Gasteiger partial charge in [-0.1, -0.05) is 18.8 Å². The Balaban J connectivity index is 2.30. The van der Waals surface area contributed by atoms with Crippen molar-refractivity contribution in [3.63, 3.8) is 0 Å². The van der Waals surface area contributed by atoms with E-state index in [1.165, 1.54) is 0 Å². The molecule has 1 amide bonds. The van der Waals surface area contributed by atoms with Crippen LogP contribution in [-0.2, 0) is 4.79 Å². The lowest BCUT2D eigenvalue weighted by Gasteiger charge is -2.24. The van der Waals surface area contributed by atoms with E-state index in [2.05, 4.69) is 22.1 Å². The number of ether oxygens (including phenoxy) is 1. The van der Waals surface area contributed by atoms with Gasteiger partial charge in [-0.05, 0) is 51.0 Å². The van der Waals surface area contributed by atoms with Crippen molar-refractivity contribution in [3.05, 3.63) is 35.5 Å². The molecule has 0 saturated carbocycles. The first-order valence-corrected chi connectivity index (χ1v) is 8.13. The number of benzene rings is 1. The second-order valence-corrected chi connectivity index (χ2v) is 6.45. The average molecular weight is 334 g/mol. The van der Waals surface area contributed by atoms with Crippen LogP contribution >= 0.6 is 0 Å². The third-order valence-electron chi connectivity index (χ3n) is 3.85. The van der Waals surface area contributed by atoms with Gasteiger partial charge in [0, 0.05) is 17.1 Å². The van der Waals surface area contributed by atoms with E-state index in [1.807, 2.05) is 32.0 Å². The van der Waals surface area contributed by atoms with E-state index in [0.717, 1.165) is 16.5 Å². The first-order valence-electron chi connectivity index (χ1n) is 8.13. The minimum atomic E-state index is -0.723. The highest BCUT2D eigenvalue weighted by atomic mass is 16.5. The lowest BCUT2D eigenvalue weighted by molar-refractivity contribution is -0.129. The number of hydrogen-bond acceptors (Lipinski definition) is 3. The fourth-order valence-electron chi connectivity index (χ4n) is 2.46. The summed E-state index contributed by atoms with van der Waals surface area (Å²) in [6, 6.07) is 5.59. The molecule has 1 unspecified atom stereocenters. The summed E-state index contributed by atoms with van der Waals surface area (Å²) in [5.74, 6) is 5.48. The van der Waals surface area contributed by atoms with Crippen molar-refractivity contribution in [2.45, 2.75) is 45.8 Å². The topological polar surface area (TPSA) is 51.2 Å². The molecule has 1 atom stereocenters. The van der Waals surface area contributed by atoms with Crippen LogP contribution in [0.2, 0.25) is 0 Å². The summed E-state index contributed by atoms with van der Waals surface area (Å²) in [5.41, 5.74) is 1.79. The normalized spacial score (nSPS) is 12.1. The Morgan fingerprint density at radius 3 is 2.68 bits per heavy atom. The van der Waals surface area contributed by atoms with Crippen molar-refractivity contribution in [2.75, 3.05) is 0 Å². The van der Waals surface area contributed by atoms with Crippen molar-refractivity contribution in [2.24, 2.45) is 0 Å². The predicted octanol–water partition coefficient (Wildman–Crippen LogP) is 3.21. The quantitative estimate of drug-likeness (QED) is 0.854. The average Bonchev–Trinajstić information content (AvgIpc) is 2.58. The third-order valence-corrected chi connectivity index (χ3v) is 3.85. The van der Waals surface area contributed by atoms with Crippen LogP contribution in [-0.4, -0.2) is 22.5 Å². The number of aromatic nitrogens is 1. The van der Waals surface area contributed by atoms with E-state index in [4.69, 9.17) is 17.6 Å². The van der Waals surface area contributed by atoms with E-state index in [9.17, 15) is 4.79 Å². The van der Waals surface area contributed by atoms with Crippen molar-refractivity contribution in [3.8, 4) is 30.4 Å². The van der Waals surface area contributed by atoms with Crippen LogP contribution in [0.5, 0.6) is 5.75 Å². The first-order chi connectivity index (χ1) is 11.8. The number of pyridine rings is 1. The molecule has 2 aromatic rings. The van der Waals surface area contributed by atoms with Crippen LogP contribution in [0.15, 0.2) is 24.4 Å². The number of fused-ring (bicyclic) bond motifs is 1. The molecule has 25 heavy (non-hydrogen) atoms. The number of hydrogen-bond donors (Lipinski definition) is 1. The Hall–Kier alpha value is -2.98. The van der Waals surface area contributed by atoms with Gasteiger partial charge in [0.15, 0.2) is 6.10 Å². The SMILES string of the molecule is C#Cc1cnc2c(C)cc(OC(CC)C(=O)NC(C)(C)C#C)cc2c1. The molecule has 1 N–H and O–H groups in total. The summed E-state index contributed by atoms with van der Waals surface area (Å²) >= 11 is 0. The molecule has 0 radical (unpaired) electrons. The molecular formula is C21H22N2O2. The molecule has 4 nitrogen and oxygen atoms in total. The predicted molar refractivity (Wildman–Crippen MR) is 100 cm³/mol. The largest absolute Gasteiger partial charge is 0.481 e. The fourth-order valence-corrected chi connectivity index (χ4v) is 2.46. The van der Waals surface area contributed by atoms with Crippen molar-refractivity contribution < 1.29 is 9.53 Å². The number of carbonyl (C=O) groups is 1. The van der Waals surface area contributed by atoms with Crippen molar-refractivity contribution in [1.82, 2.24) is 10.3 Å². The number of nitrogens with zero attached hydrogens (tertiary/aromatic N) is 1. The molecular weight excluding hydrogens is 312 g/mol. The van der Waals surface area contributed by atoms with Gasteiger partial charge in [0.1, 0.15) is 5.75 Å². The molecule has 0 aliphatic rings. The van der Waals surface area contributed by atoms with E-state index in [0.29, 0.717) is 17.7 Å². The molecule has 0 spiro atoms. The lowest BCUT2D eigenvalue weighted by atomic mass is 10.1. The zero-order chi connectivity index (χ0) is 18.6. The zero-order valence-corrected chi connectivity index (χ0v) is 15.0. The Bertz CT molecular complexity index is 885. The molecule has 2 rings (SSSR count). The molecule has 1 heterocycles. The Labute approximate surface area is 149 Å². The highest BCUT2D eigenvalue weighted by molar-refractivity contribution is 5.85. The number of nitrogens with one attached hydrogen (secondary N) is 1. The lowest BCUT2D eigenvalue weighted by Crippen LogP contribution is -2.48. The number of rotatable bonds is 5. The number of amides is 1. The summed E-state index contributed by atoms with van der Waals surface area (Å²) in [6.07, 6.45) is 12.4. The molecule has 1 aromatic heterocycles. The summed E-state index contributed by atoms with van der Waals surface area (Å²) in [5, 5.41) is 3.69. The maximum Gasteiger partial charge on any atom is 0.262 e.